The van der Waals surface area contributed by atoms with E-state index in [-0.39, 0.29) is 5.89 Å². The standard InChI is InChI=1S/C16H18N4O6/c1-9(2)12(13(22)18-15(17)23)25-11(21)8-20-16(24)26-14(19-20)10-6-4-3-5-7-10/h3-7,9,12H,8H2,1-2H3,(H3,17,18,22,23)/t12-/m0/s1. The third-order valence-electron chi connectivity index (χ3n) is 3.27. The first-order chi connectivity index (χ1) is 12.3. The Labute approximate surface area is 147 Å². The summed E-state index contributed by atoms with van der Waals surface area (Å²) in [5, 5.41) is 5.78. The molecule has 0 radical (unpaired) electrons. The number of rotatable bonds is 6. The zero-order valence-corrected chi connectivity index (χ0v) is 14.2. The second kappa shape index (κ2) is 8.10. The maximum absolute atomic E-state index is 12.1. The molecule has 0 unspecified atom stereocenters. The van der Waals surface area contributed by atoms with Crippen LogP contribution in [0.3, 0.4) is 0 Å². The molecule has 0 aliphatic heterocycles. The van der Waals surface area contributed by atoms with Crippen LogP contribution < -0.4 is 16.8 Å². The Hall–Kier alpha value is -3.43. The fraction of sp³-hybridized carbons (Fsp3) is 0.312. The lowest BCUT2D eigenvalue weighted by Gasteiger charge is -2.19. The molecule has 0 spiro atoms. The molecule has 1 atom stereocenters. The minimum absolute atomic E-state index is 0.0512. The minimum atomic E-state index is -1.24. The molecule has 0 fully saturated rings. The highest BCUT2D eigenvalue weighted by Crippen LogP contribution is 2.14. The molecule has 1 aromatic heterocycles. The van der Waals surface area contributed by atoms with E-state index in [1.165, 1.54) is 0 Å². The van der Waals surface area contributed by atoms with Crippen molar-refractivity contribution < 1.29 is 23.5 Å². The van der Waals surface area contributed by atoms with E-state index >= 15 is 0 Å². The lowest BCUT2D eigenvalue weighted by Crippen LogP contribution is -2.46. The van der Waals surface area contributed by atoms with Crippen molar-refractivity contribution in [2.45, 2.75) is 26.5 Å². The molecule has 10 heteroatoms. The second-order valence-electron chi connectivity index (χ2n) is 5.70. The normalized spacial score (nSPS) is 11.8. The molecule has 138 valence electrons. The molecule has 2 aromatic rings. The summed E-state index contributed by atoms with van der Waals surface area (Å²) in [5.41, 5.74) is 5.45. The average Bonchev–Trinajstić information content (AvgIpc) is 2.93. The van der Waals surface area contributed by atoms with E-state index in [4.69, 9.17) is 14.9 Å². The number of imide groups is 1. The SMILES string of the molecule is CC(C)[C@H](OC(=O)Cn1nc(-c2ccccc2)oc1=O)C(=O)NC(N)=O. The highest BCUT2D eigenvalue weighted by molar-refractivity contribution is 5.96. The number of nitrogens with one attached hydrogen (secondary N) is 1. The number of carbonyl (C=O) groups excluding carboxylic acids is 3. The molecule has 2 rings (SSSR count). The van der Waals surface area contributed by atoms with Gasteiger partial charge in [-0.3, -0.25) is 14.9 Å². The lowest BCUT2D eigenvalue weighted by atomic mass is 10.1. The number of aromatic nitrogens is 2. The smallest absolute Gasteiger partial charge is 0.437 e. The Kier molecular flexibility index (Phi) is 5.89. The van der Waals surface area contributed by atoms with Gasteiger partial charge in [0.25, 0.3) is 5.91 Å². The molecule has 0 saturated heterocycles. The number of primary amides is 1. The number of benzene rings is 1. The predicted octanol–water partition coefficient (Wildman–Crippen LogP) is 0.266. The van der Waals surface area contributed by atoms with Gasteiger partial charge >= 0.3 is 17.8 Å². The van der Waals surface area contributed by atoms with Gasteiger partial charge in [-0.05, 0) is 18.1 Å². The van der Waals surface area contributed by atoms with E-state index in [0.717, 1.165) is 4.68 Å². The van der Waals surface area contributed by atoms with Crippen LogP contribution in [0.2, 0.25) is 0 Å². The lowest BCUT2D eigenvalue weighted by molar-refractivity contribution is -0.159. The molecular weight excluding hydrogens is 344 g/mol. The van der Waals surface area contributed by atoms with Crippen LogP contribution in [0.4, 0.5) is 4.79 Å². The number of nitrogens with two attached hydrogens (primary N) is 1. The molecule has 26 heavy (non-hydrogen) atoms. The molecule has 3 amide bonds. The van der Waals surface area contributed by atoms with Gasteiger partial charge in [0.1, 0.15) is 6.54 Å². The average molecular weight is 362 g/mol. The molecule has 1 heterocycles. The Bertz CT molecular complexity index is 855. The van der Waals surface area contributed by atoms with Gasteiger partial charge in [-0.2, -0.15) is 4.68 Å². The van der Waals surface area contributed by atoms with Gasteiger partial charge in [0.15, 0.2) is 6.10 Å². The van der Waals surface area contributed by atoms with Gasteiger partial charge < -0.3 is 14.9 Å². The van der Waals surface area contributed by atoms with Crippen LogP contribution in [0, 0.1) is 5.92 Å². The molecule has 0 saturated carbocycles. The summed E-state index contributed by atoms with van der Waals surface area (Å²) in [7, 11) is 0. The molecule has 0 aliphatic rings. The van der Waals surface area contributed by atoms with Crippen LogP contribution in [0.15, 0.2) is 39.5 Å². The Balaban J connectivity index is 2.09. The molecule has 0 aliphatic carbocycles. The number of hydrogen-bond donors (Lipinski definition) is 2. The van der Waals surface area contributed by atoms with Crippen molar-refractivity contribution in [3.8, 4) is 11.5 Å². The molecule has 1 aromatic carbocycles. The van der Waals surface area contributed by atoms with E-state index in [0.29, 0.717) is 5.56 Å². The first-order valence-corrected chi connectivity index (χ1v) is 7.71. The first-order valence-electron chi connectivity index (χ1n) is 7.71. The van der Waals surface area contributed by atoms with Crippen molar-refractivity contribution in [3.05, 3.63) is 40.9 Å². The zero-order valence-electron chi connectivity index (χ0n) is 14.2. The quantitative estimate of drug-likeness (QED) is 0.701. The van der Waals surface area contributed by atoms with Gasteiger partial charge in [-0.25, -0.2) is 9.59 Å². The number of amides is 3. The number of ether oxygens (including phenoxy) is 1. The number of esters is 1. The van der Waals surface area contributed by atoms with Crippen molar-refractivity contribution in [3.63, 3.8) is 0 Å². The summed E-state index contributed by atoms with van der Waals surface area (Å²) in [6, 6.07) is 7.60. The summed E-state index contributed by atoms with van der Waals surface area (Å²) in [6.07, 6.45) is -1.24. The third-order valence-corrected chi connectivity index (χ3v) is 3.27. The minimum Gasteiger partial charge on any atom is -0.451 e. The van der Waals surface area contributed by atoms with Crippen molar-refractivity contribution in [2.24, 2.45) is 11.7 Å². The Morgan fingerprint density at radius 1 is 1.27 bits per heavy atom. The third kappa shape index (κ3) is 4.79. The summed E-state index contributed by atoms with van der Waals surface area (Å²) >= 11 is 0. The van der Waals surface area contributed by atoms with Crippen LogP contribution in [-0.4, -0.2) is 33.8 Å². The summed E-state index contributed by atoms with van der Waals surface area (Å²) in [4.78, 5) is 46.5. The highest BCUT2D eigenvalue weighted by atomic mass is 16.5. The number of nitrogens with zero attached hydrogens (tertiary/aromatic N) is 2. The van der Waals surface area contributed by atoms with Crippen molar-refractivity contribution in [1.82, 2.24) is 15.1 Å². The van der Waals surface area contributed by atoms with E-state index in [2.05, 4.69) is 5.10 Å². The maximum atomic E-state index is 12.1. The largest absolute Gasteiger partial charge is 0.451 e. The van der Waals surface area contributed by atoms with Gasteiger partial charge in [0.2, 0.25) is 5.89 Å². The number of urea groups is 1. The molecule has 0 bridgehead atoms. The maximum Gasteiger partial charge on any atom is 0.437 e. The monoisotopic (exact) mass is 362 g/mol. The number of hydrogen-bond acceptors (Lipinski definition) is 7. The van der Waals surface area contributed by atoms with Gasteiger partial charge in [-0.15, -0.1) is 5.10 Å². The van der Waals surface area contributed by atoms with Crippen LogP contribution in [0.25, 0.3) is 11.5 Å². The van der Waals surface area contributed by atoms with E-state index in [9.17, 15) is 19.2 Å². The topological polar surface area (TPSA) is 147 Å². The second-order valence-corrected chi connectivity index (χ2v) is 5.70. The summed E-state index contributed by atoms with van der Waals surface area (Å²) < 4.78 is 10.8. The van der Waals surface area contributed by atoms with Gasteiger partial charge in [0.05, 0.1) is 0 Å². The van der Waals surface area contributed by atoms with E-state index in [1.807, 2.05) is 5.32 Å². The van der Waals surface area contributed by atoms with Crippen molar-refractivity contribution in [1.29, 1.82) is 0 Å². The predicted molar refractivity (Wildman–Crippen MR) is 88.6 cm³/mol. The number of carbonyl (C=O) groups is 3. The van der Waals surface area contributed by atoms with Crippen LogP contribution in [0.1, 0.15) is 13.8 Å². The van der Waals surface area contributed by atoms with E-state index < -0.39 is 42.2 Å². The van der Waals surface area contributed by atoms with E-state index in [1.54, 1.807) is 44.2 Å². The van der Waals surface area contributed by atoms with Crippen LogP contribution in [-0.2, 0) is 20.9 Å². The molecular formula is C16H18N4O6. The fourth-order valence-corrected chi connectivity index (χ4v) is 2.09. The van der Waals surface area contributed by atoms with Gasteiger partial charge in [-0.1, -0.05) is 32.0 Å². The van der Waals surface area contributed by atoms with Crippen molar-refractivity contribution >= 4 is 17.9 Å². The van der Waals surface area contributed by atoms with Crippen LogP contribution in [0.5, 0.6) is 0 Å². The fourth-order valence-electron chi connectivity index (χ4n) is 2.09. The highest BCUT2D eigenvalue weighted by Gasteiger charge is 2.28. The summed E-state index contributed by atoms with van der Waals surface area (Å²) in [5.74, 6) is -2.96. The van der Waals surface area contributed by atoms with Crippen molar-refractivity contribution in [2.75, 3.05) is 0 Å². The molecule has 3 N–H and O–H groups in total. The van der Waals surface area contributed by atoms with Crippen LogP contribution >= 0.6 is 0 Å². The Morgan fingerprint density at radius 2 is 1.92 bits per heavy atom. The first kappa shape index (κ1) is 18.9. The molecule has 10 nitrogen and oxygen atoms in total. The Morgan fingerprint density at radius 3 is 2.50 bits per heavy atom. The zero-order chi connectivity index (χ0) is 19.3. The van der Waals surface area contributed by atoms with Gasteiger partial charge in [0, 0.05) is 5.56 Å². The summed E-state index contributed by atoms with van der Waals surface area (Å²) in [6.45, 7) is 2.69.